The van der Waals surface area contributed by atoms with Crippen LogP contribution >= 0.6 is 11.3 Å². The second-order valence-corrected chi connectivity index (χ2v) is 8.32. The molecule has 31 heavy (non-hydrogen) atoms. The van der Waals surface area contributed by atoms with E-state index in [0.717, 1.165) is 37.7 Å². The molecule has 1 aliphatic rings. The fourth-order valence-electron chi connectivity index (χ4n) is 3.61. The number of nitrogens with two attached hydrogens (primary N) is 2. The molecule has 0 aliphatic carbocycles. The lowest BCUT2D eigenvalue weighted by atomic mass is 9.96. The first-order chi connectivity index (χ1) is 15.0. The highest BCUT2D eigenvalue weighted by Crippen LogP contribution is 2.30. The highest BCUT2D eigenvalue weighted by Gasteiger charge is 2.27. The third-order valence-electron chi connectivity index (χ3n) is 5.34. The minimum absolute atomic E-state index is 0.103. The first-order valence-electron chi connectivity index (χ1n) is 10.0. The number of carbonyl (C=O) groups is 1. The van der Waals surface area contributed by atoms with Crippen molar-refractivity contribution in [3.05, 3.63) is 35.5 Å². The third kappa shape index (κ3) is 5.07. The molecular formula is C21H26N8OS. The highest BCUT2D eigenvalue weighted by atomic mass is 32.1. The number of hydrogen-bond acceptors (Lipinski definition) is 8. The van der Waals surface area contributed by atoms with Gasteiger partial charge in [-0.2, -0.15) is 5.26 Å². The molecule has 2 heterocycles. The van der Waals surface area contributed by atoms with Gasteiger partial charge in [0.25, 0.3) is 5.91 Å². The second kappa shape index (κ2) is 10.1. The molecule has 1 aliphatic heterocycles. The molecule has 0 spiro atoms. The Labute approximate surface area is 185 Å². The number of nitrogen functional groups attached to an aromatic ring is 1. The number of likely N-dealkylation sites (tertiary alicyclic amines) is 1. The number of thiazole rings is 1. The number of amides is 1. The summed E-state index contributed by atoms with van der Waals surface area (Å²) >= 11 is 1.18. The highest BCUT2D eigenvalue weighted by molar-refractivity contribution is 7.19. The summed E-state index contributed by atoms with van der Waals surface area (Å²) < 4.78 is 0. The lowest BCUT2D eigenvalue weighted by Gasteiger charge is -2.35. The summed E-state index contributed by atoms with van der Waals surface area (Å²) in [5.74, 6) is 0.660. The van der Waals surface area contributed by atoms with Gasteiger partial charge in [0.2, 0.25) is 0 Å². The molecule has 1 unspecified atom stereocenters. The van der Waals surface area contributed by atoms with E-state index in [9.17, 15) is 4.79 Å². The number of nitriles is 1. The number of nitrogens with one attached hydrogen (secondary N) is 2. The molecule has 1 saturated heterocycles. The van der Waals surface area contributed by atoms with E-state index in [0.29, 0.717) is 28.9 Å². The monoisotopic (exact) mass is 438 g/mol. The van der Waals surface area contributed by atoms with Crippen LogP contribution < -0.4 is 16.8 Å². The molecule has 1 amide bonds. The molecule has 162 valence electrons. The molecule has 0 saturated carbocycles. The Hall–Kier alpha value is -3.29. The molecular weight excluding hydrogens is 412 g/mol. The molecule has 1 aromatic carbocycles. The third-order valence-corrected chi connectivity index (χ3v) is 6.27. The maximum Gasteiger partial charge on any atom is 0.273 e. The van der Waals surface area contributed by atoms with Gasteiger partial charge >= 0.3 is 0 Å². The summed E-state index contributed by atoms with van der Waals surface area (Å²) in [4.78, 5) is 23.7. The number of piperidine rings is 1. The van der Waals surface area contributed by atoms with Crippen molar-refractivity contribution in [3.63, 3.8) is 0 Å². The van der Waals surface area contributed by atoms with E-state index >= 15 is 0 Å². The van der Waals surface area contributed by atoms with Crippen LogP contribution in [0, 0.1) is 22.7 Å². The number of carbonyl (C=O) groups excluding carboxylic acids is 1. The van der Waals surface area contributed by atoms with Crippen LogP contribution in [0.5, 0.6) is 0 Å². The van der Waals surface area contributed by atoms with Gasteiger partial charge in [0, 0.05) is 31.9 Å². The van der Waals surface area contributed by atoms with Gasteiger partial charge in [-0.15, -0.1) is 0 Å². The van der Waals surface area contributed by atoms with Crippen LogP contribution in [0.25, 0.3) is 10.6 Å². The summed E-state index contributed by atoms with van der Waals surface area (Å²) in [7, 11) is 1.66. The van der Waals surface area contributed by atoms with Gasteiger partial charge in [-0.1, -0.05) is 23.5 Å². The van der Waals surface area contributed by atoms with E-state index in [4.69, 9.17) is 22.1 Å². The summed E-state index contributed by atoms with van der Waals surface area (Å²) in [6.07, 6.45) is 3.08. The molecule has 2 aromatic rings. The van der Waals surface area contributed by atoms with Crippen LogP contribution in [-0.2, 0) is 0 Å². The molecule has 6 N–H and O–H groups in total. The zero-order valence-electron chi connectivity index (χ0n) is 17.3. The van der Waals surface area contributed by atoms with Crippen molar-refractivity contribution in [2.45, 2.75) is 18.9 Å². The number of benzene rings is 1. The number of rotatable bonds is 6. The van der Waals surface area contributed by atoms with Crippen molar-refractivity contribution < 1.29 is 4.79 Å². The molecule has 3 rings (SSSR count). The van der Waals surface area contributed by atoms with Gasteiger partial charge in [0.05, 0.1) is 11.6 Å². The van der Waals surface area contributed by atoms with E-state index in [1.165, 1.54) is 11.3 Å². The Kier molecular flexibility index (Phi) is 7.33. The van der Waals surface area contributed by atoms with E-state index in [2.05, 4.69) is 26.3 Å². The summed E-state index contributed by atoms with van der Waals surface area (Å²) in [6, 6.07) is 8.38. The minimum atomic E-state index is -0.682. The Balaban J connectivity index is 1.75. The van der Waals surface area contributed by atoms with E-state index < -0.39 is 11.9 Å². The number of nitrogens with zero attached hydrogens (tertiary/aromatic N) is 4. The molecule has 10 heteroatoms. The van der Waals surface area contributed by atoms with Crippen LogP contribution in [0.2, 0.25) is 0 Å². The molecule has 1 aromatic heterocycles. The van der Waals surface area contributed by atoms with Crippen molar-refractivity contribution in [3.8, 4) is 16.6 Å². The standard InChI is InChI=1S/C21H26N8OS/c1-26-19(29-7-5-13(10-22)6-8-29)16(12-24)27-20(30)17-18(25)31-21(28-17)15-4-2-3-14(9-15)11-23/h2-4,9,12-13,16,24H,5-8,10,22,25H2,1H3,(H,27,30). The Morgan fingerprint density at radius 3 is 2.87 bits per heavy atom. The summed E-state index contributed by atoms with van der Waals surface area (Å²) in [5, 5.41) is 20.6. The fraction of sp³-hybridized carbons (Fsp3) is 0.381. The molecule has 0 radical (unpaired) electrons. The van der Waals surface area contributed by atoms with Gasteiger partial charge in [-0.05, 0) is 37.4 Å². The maximum atomic E-state index is 12.9. The van der Waals surface area contributed by atoms with Gasteiger partial charge in [-0.3, -0.25) is 9.79 Å². The smallest absolute Gasteiger partial charge is 0.273 e. The molecule has 0 bridgehead atoms. The average Bonchev–Trinajstić information content (AvgIpc) is 3.21. The minimum Gasteiger partial charge on any atom is -0.389 e. The Morgan fingerprint density at radius 1 is 1.52 bits per heavy atom. The van der Waals surface area contributed by atoms with E-state index in [-0.39, 0.29) is 10.7 Å². The average molecular weight is 439 g/mol. The topological polar surface area (TPSA) is 157 Å². The first-order valence-corrected chi connectivity index (χ1v) is 10.8. The maximum absolute atomic E-state index is 12.9. The summed E-state index contributed by atoms with van der Waals surface area (Å²) in [5.41, 5.74) is 13.2. The van der Waals surface area contributed by atoms with E-state index in [1.807, 2.05) is 6.07 Å². The molecule has 1 fully saturated rings. The summed E-state index contributed by atoms with van der Waals surface area (Å²) in [6.45, 7) is 2.24. The Morgan fingerprint density at radius 2 is 2.26 bits per heavy atom. The number of hydrogen-bond donors (Lipinski definition) is 4. The van der Waals surface area contributed by atoms with Crippen LogP contribution in [0.15, 0.2) is 29.3 Å². The lowest BCUT2D eigenvalue weighted by molar-refractivity contribution is 0.0949. The number of anilines is 1. The van der Waals surface area contributed by atoms with Crippen LogP contribution in [0.3, 0.4) is 0 Å². The van der Waals surface area contributed by atoms with Gasteiger partial charge in [0.1, 0.15) is 21.9 Å². The zero-order chi connectivity index (χ0) is 22.4. The normalized spacial score (nSPS) is 15.9. The predicted octanol–water partition coefficient (Wildman–Crippen LogP) is 1.71. The van der Waals surface area contributed by atoms with Gasteiger partial charge < -0.3 is 27.1 Å². The van der Waals surface area contributed by atoms with Crippen LogP contribution in [-0.4, -0.2) is 60.6 Å². The second-order valence-electron chi connectivity index (χ2n) is 7.29. The van der Waals surface area contributed by atoms with Crippen molar-refractivity contribution in [1.82, 2.24) is 15.2 Å². The molecule has 1 atom stereocenters. The quantitative estimate of drug-likeness (QED) is 0.397. The first kappa shape index (κ1) is 22.4. The zero-order valence-corrected chi connectivity index (χ0v) is 18.2. The number of aromatic nitrogens is 1. The van der Waals surface area contributed by atoms with Crippen LogP contribution in [0.4, 0.5) is 5.00 Å². The van der Waals surface area contributed by atoms with E-state index in [1.54, 1.807) is 25.2 Å². The SMILES string of the molecule is CN=C(C(C=N)NC(=O)c1nc(-c2cccc(C#N)c2)sc1N)N1CCC(CN)CC1. The van der Waals surface area contributed by atoms with Gasteiger partial charge in [0.15, 0.2) is 5.69 Å². The largest absolute Gasteiger partial charge is 0.389 e. The van der Waals surface area contributed by atoms with Gasteiger partial charge in [-0.25, -0.2) is 4.98 Å². The van der Waals surface area contributed by atoms with Crippen molar-refractivity contribution in [1.29, 1.82) is 10.7 Å². The lowest BCUT2D eigenvalue weighted by Crippen LogP contribution is -2.52. The predicted molar refractivity (Wildman–Crippen MR) is 123 cm³/mol. The number of amidine groups is 1. The van der Waals surface area contributed by atoms with Crippen molar-refractivity contribution in [2.75, 3.05) is 32.4 Å². The number of aliphatic imine (C=N–C) groups is 1. The van der Waals surface area contributed by atoms with Crippen molar-refractivity contribution in [2.24, 2.45) is 16.6 Å². The Bertz CT molecular complexity index is 1020. The fourth-order valence-corrected chi connectivity index (χ4v) is 4.43. The molecule has 9 nitrogen and oxygen atoms in total. The van der Waals surface area contributed by atoms with Crippen LogP contribution in [0.1, 0.15) is 28.9 Å². The van der Waals surface area contributed by atoms with Crippen molar-refractivity contribution >= 4 is 34.3 Å².